The van der Waals surface area contributed by atoms with Gasteiger partial charge in [-0.2, -0.15) is 0 Å². The van der Waals surface area contributed by atoms with Crippen molar-refractivity contribution in [1.82, 2.24) is 0 Å². The lowest BCUT2D eigenvalue weighted by molar-refractivity contribution is -0.0538. The van der Waals surface area contributed by atoms with Crippen LogP contribution in [0.4, 0.5) is 4.79 Å². The van der Waals surface area contributed by atoms with Crippen LogP contribution in [-0.2, 0) is 4.74 Å². The molecule has 38 heavy (non-hydrogen) atoms. The number of allylic oxidation sites excluding steroid dienone is 1. The maximum atomic E-state index is 12.5. The largest absolute Gasteiger partial charge is 0.514 e. The fraction of sp³-hybridized carbons (Fsp3) is 0.735. The third-order valence-corrected chi connectivity index (χ3v) is 12.0. The molecule has 0 radical (unpaired) electrons. The minimum Gasteiger partial charge on any atom is -0.430 e. The zero-order valence-electron chi connectivity index (χ0n) is 24.0. The van der Waals surface area contributed by atoms with Crippen molar-refractivity contribution in [2.24, 2.45) is 34.5 Å². The zero-order chi connectivity index (χ0) is 26.8. The lowest BCUT2D eigenvalue weighted by atomic mass is 9.47. The topological polar surface area (TPSA) is 35.5 Å². The van der Waals surface area contributed by atoms with E-state index in [0.717, 1.165) is 47.4 Å². The number of carbonyl (C=O) groups is 1. The van der Waals surface area contributed by atoms with E-state index in [0.29, 0.717) is 11.2 Å². The molecule has 3 saturated carbocycles. The smallest absolute Gasteiger partial charge is 0.430 e. The van der Waals surface area contributed by atoms with Gasteiger partial charge in [0.25, 0.3) is 0 Å². The highest BCUT2D eigenvalue weighted by molar-refractivity contribution is 9.10. The van der Waals surface area contributed by atoms with Crippen LogP contribution in [0, 0.1) is 34.5 Å². The Bertz CT molecular complexity index is 986. The van der Waals surface area contributed by atoms with Crippen LogP contribution in [0.3, 0.4) is 0 Å². The number of benzene rings is 1. The Morgan fingerprint density at radius 2 is 1.71 bits per heavy atom. The predicted octanol–water partition coefficient (Wildman–Crippen LogP) is 10.7. The van der Waals surface area contributed by atoms with E-state index in [2.05, 4.69) is 42.8 Å². The van der Waals surface area contributed by atoms with Gasteiger partial charge in [-0.05, 0) is 110 Å². The van der Waals surface area contributed by atoms with Crippen molar-refractivity contribution < 1.29 is 14.3 Å². The summed E-state index contributed by atoms with van der Waals surface area (Å²) in [6, 6.07) is 7.30. The normalized spacial score (nSPS) is 36.0. The molecule has 0 heterocycles. The predicted molar refractivity (Wildman–Crippen MR) is 158 cm³/mol. The van der Waals surface area contributed by atoms with Gasteiger partial charge in [-0.1, -0.05) is 86.9 Å². The summed E-state index contributed by atoms with van der Waals surface area (Å²) in [6.45, 7) is 7.52. The fourth-order valence-corrected chi connectivity index (χ4v) is 9.51. The average molecular weight is 586 g/mol. The van der Waals surface area contributed by atoms with Crippen LogP contribution in [0.1, 0.15) is 117 Å². The molecule has 0 aliphatic heterocycles. The van der Waals surface area contributed by atoms with E-state index in [-0.39, 0.29) is 11.5 Å². The van der Waals surface area contributed by atoms with Crippen LogP contribution in [0.5, 0.6) is 5.75 Å². The van der Waals surface area contributed by atoms with Gasteiger partial charge in [0.2, 0.25) is 0 Å². The molecule has 4 unspecified atom stereocenters. The Kier molecular flexibility index (Phi) is 8.97. The number of carbonyl (C=O) groups excluding carboxylic acids is 1. The van der Waals surface area contributed by atoms with Crippen molar-refractivity contribution in [1.29, 1.82) is 0 Å². The van der Waals surface area contributed by atoms with Crippen molar-refractivity contribution in [3.8, 4) is 5.75 Å². The molecule has 3 fully saturated rings. The van der Waals surface area contributed by atoms with Crippen molar-refractivity contribution in [2.45, 2.75) is 123 Å². The summed E-state index contributed by atoms with van der Waals surface area (Å²) in [4.78, 5) is 12.5. The van der Waals surface area contributed by atoms with Gasteiger partial charge < -0.3 is 9.47 Å². The second-order valence-corrected chi connectivity index (χ2v) is 14.3. The van der Waals surface area contributed by atoms with Gasteiger partial charge in [-0.25, -0.2) is 4.79 Å². The van der Waals surface area contributed by atoms with E-state index in [4.69, 9.17) is 9.47 Å². The minimum atomic E-state index is -0.578. The molecule has 4 aliphatic rings. The molecule has 0 bridgehead atoms. The number of halogens is 1. The summed E-state index contributed by atoms with van der Waals surface area (Å²) < 4.78 is 12.2. The van der Waals surface area contributed by atoms with Crippen LogP contribution >= 0.6 is 15.9 Å². The molecule has 3 nitrogen and oxygen atoms in total. The number of unbranched alkanes of at least 4 members (excludes halogenated alkanes) is 5. The summed E-state index contributed by atoms with van der Waals surface area (Å²) in [7, 11) is 0. The first-order chi connectivity index (χ1) is 18.3. The standard InChI is InChI=1S/C34H49BrO3/c1-4-5-6-7-8-9-10-24-12-18-30-29-17-11-25-23-28(38-32(36)37-27-15-13-26(35)14-16-27)19-21-34(25,3)31(29)20-22-33(24,30)2/h11,13-16,24,28-31H,4-10,12,17-23H2,1-3H3/t24?,28-,29?,30?,31?,33+,34-/m0/s1. The van der Waals surface area contributed by atoms with Crippen molar-refractivity contribution in [3.05, 3.63) is 40.4 Å². The van der Waals surface area contributed by atoms with E-state index in [1.54, 1.807) is 17.7 Å². The van der Waals surface area contributed by atoms with Crippen LogP contribution in [-0.4, -0.2) is 12.3 Å². The second kappa shape index (κ2) is 12.1. The molecule has 4 heteroatoms. The third-order valence-electron chi connectivity index (χ3n) is 11.4. The monoisotopic (exact) mass is 584 g/mol. The molecular formula is C34H49BrO3. The van der Waals surface area contributed by atoms with Crippen molar-refractivity contribution in [3.63, 3.8) is 0 Å². The first-order valence-corrected chi connectivity index (χ1v) is 16.5. The molecule has 0 saturated heterocycles. The van der Waals surface area contributed by atoms with Crippen LogP contribution in [0.2, 0.25) is 0 Å². The van der Waals surface area contributed by atoms with E-state index in [9.17, 15) is 4.79 Å². The summed E-state index contributed by atoms with van der Waals surface area (Å²) in [6.07, 6.45) is 21.8. The number of hydrogen-bond donors (Lipinski definition) is 0. The van der Waals surface area contributed by atoms with Gasteiger partial charge in [0.1, 0.15) is 11.9 Å². The maximum absolute atomic E-state index is 12.5. The van der Waals surface area contributed by atoms with Gasteiger partial charge in [0, 0.05) is 10.9 Å². The Morgan fingerprint density at radius 3 is 2.50 bits per heavy atom. The summed E-state index contributed by atoms with van der Waals surface area (Å²) in [5.74, 6) is 4.01. The SMILES string of the molecule is CCCCCCCCC1CCC2C3CC=C4C[C@@H](OC(=O)Oc5ccc(Br)cc5)CC[C@]4(C)C3CC[C@]12C. The highest BCUT2D eigenvalue weighted by atomic mass is 79.9. The Hall–Kier alpha value is -1.29. The van der Waals surface area contributed by atoms with E-state index in [1.807, 2.05) is 12.1 Å². The fourth-order valence-electron chi connectivity index (χ4n) is 9.24. The van der Waals surface area contributed by atoms with Gasteiger partial charge in [-0.3, -0.25) is 0 Å². The number of fused-ring (bicyclic) bond motifs is 5. The van der Waals surface area contributed by atoms with Crippen LogP contribution in [0.15, 0.2) is 40.4 Å². The van der Waals surface area contributed by atoms with Crippen molar-refractivity contribution >= 4 is 22.1 Å². The first-order valence-electron chi connectivity index (χ1n) is 15.7. The average Bonchev–Trinajstić information content (AvgIpc) is 3.24. The van der Waals surface area contributed by atoms with Gasteiger partial charge >= 0.3 is 6.16 Å². The second-order valence-electron chi connectivity index (χ2n) is 13.4. The highest BCUT2D eigenvalue weighted by Gasteiger charge is 2.58. The summed E-state index contributed by atoms with van der Waals surface area (Å²) >= 11 is 3.41. The molecule has 7 atom stereocenters. The van der Waals surface area contributed by atoms with Gasteiger partial charge in [0.05, 0.1) is 0 Å². The van der Waals surface area contributed by atoms with E-state index < -0.39 is 6.16 Å². The number of hydrogen-bond acceptors (Lipinski definition) is 3. The molecule has 5 rings (SSSR count). The zero-order valence-corrected chi connectivity index (χ0v) is 25.6. The molecule has 4 aliphatic carbocycles. The van der Waals surface area contributed by atoms with E-state index in [1.165, 1.54) is 77.0 Å². The molecule has 210 valence electrons. The number of rotatable bonds is 9. The molecule has 0 amide bonds. The quantitative estimate of drug-likeness (QED) is 0.125. The third kappa shape index (κ3) is 5.77. The Balaban J connectivity index is 1.17. The van der Waals surface area contributed by atoms with Gasteiger partial charge in [0.15, 0.2) is 0 Å². The molecule has 0 N–H and O–H groups in total. The Labute approximate surface area is 239 Å². The Morgan fingerprint density at radius 1 is 0.947 bits per heavy atom. The van der Waals surface area contributed by atoms with Crippen LogP contribution < -0.4 is 4.74 Å². The highest BCUT2D eigenvalue weighted by Crippen LogP contribution is 2.66. The number of ether oxygens (including phenoxy) is 2. The molecular weight excluding hydrogens is 536 g/mol. The molecule has 1 aromatic rings. The molecule has 0 spiro atoms. The lowest BCUT2D eigenvalue weighted by Gasteiger charge is -2.58. The van der Waals surface area contributed by atoms with Crippen LogP contribution in [0.25, 0.3) is 0 Å². The van der Waals surface area contributed by atoms with Crippen molar-refractivity contribution in [2.75, 3.05) is 0 Å². The first kappa shape index (κ1) is 28.2. The summed E-state index contributed by atoms with van der Waals surface area (Å²) in [5.41, 5.74) is 2.39. The van der Waals surface area contributed by atoms with Gasteiger partial charge in [-0.15, -0.1) is 0 Å². The maximum Gasteiger partial charge on any atom is 0.514 e. The van der Waals surface area contributed by atoms with E-state index >= 15 is 0 Å². The molecule has 1 aromatic carbocycles. The minimum absolute atomic E-state index is 0.0733. The molecule has 0 aromatic heterocycles. The lowest BCUT2D eigenvalue weighted by Crippen LogP contribution is -2.50. The summed E-state index contributed by atoms with van der Waals surface area (Å²) in [5, 5.41) is 0.